The van der Waals surface area contributed by atoms with Gasteiger partial charge >= 0.3 is 0 Å². The van der Waals surface area contributed by atoms with Crippen molar-refractivity contribution in [2.75, 3.05) is 33.4 Å². The molecule has 0 atom stereocenters. The Morgan fingerprint density at radius 3 is 2.58 bits per heavy atom. The van der Waals surface area contributed by atoms with Crippen LogP contribution in [0.3, 0.4) is 0 Å². The van der Waals surface area contributed by atoms with Crippen molar-refractivity contribution in [3.63, 3.8) is 0 Å². The average molecular weight is 168 g/mol. The number of ether oxygens (including phenoxy) is 1. The highest BCUT2D eigenvalue weighted by Crippen LogP contribution is 2.05. The molecule has 1 rings (SSSR count). The van der Waals surface area contributed by atoms with E-state index in [9.17, 15) is 0 Å². The Morgan fingerprint density at radius 2 is 2.08 bits per heavy atom. The van der Waals surface area contributed by atoms with Crippen molar-refractivity contribution in [3.05, 3.63) is 11.8 Å². The van der Waals surface area contributed by atoms with Crippen molar-refractivity contribution in [2.45, 2.75) is 6.92 Å². The Balaban J connectivity index is 2.52. The van der Waals surface area contributed by atoms with Crippen molar-refractivity contribution in [2.24, 2.45) is 4.99 Å². The molecule has 0 bridgehead atoms. The molecule has 3 nitrogen and oxygen atoms in total. The van der Waals surface area contributed by atoms with Crippen LogP contribution in [0.2, 0.25) is 0 Å². The first kappa shape index (κ1) is 9.26. The number of morpholine rings is 1. The van der Waals surface area contributed by atoms with Gasteiger partial charge in [0.25, 0.3) is 0 Å². The minimum atomic E-state index is 0.828. The first-order valence-corrected chi connectivity index (χ1v) is 4.29. The van der Waals surface area contributed by atoms with Crippen LogP contribution in [0.5, 0.6) is 0 Å². The summed E-state index contributed by atoms with van der Waals surface area (Å²) < 4.78 is 5.26. The van der Waals surface area contributed by atoms with Crippen LogP contribution in [0.4, 0.5) is 0 Å². The average Bonchev–Trinajstić information content (AvgIpc) is 2.15. The fourth-order valence-electron chi connectivity index (χ4n) is 1.29. The van der Waals surface area contributed by atoms with Gasteiger partial charge in [0.1, 0.15) is 0 Å². The lowest BCUT2D eigenvalue weighted by Crippen LogP contribution is -2.35. The van der Waals surface area contributed by atoms with Gasteiger partial charge in [-0.05, 0) is 6.92 Å². The maximum atomic E-state index is 5.26. The third kappa shape index (κ3) is 2.34. The number of aliphatic imine (C=N–C) groups is 1. The maximum absolute atomic E-state index is 5.26. The minimum Gasteiger partial charge on any atom is -0.378 e. The van der Waals surface area contributed by atoms with Crippen LogP contribution in [0.1, 0.15) is 6.92 Å². The molecule has 12 heavy (non-hydrogen) atoms. The Kier molecular flexibility index (Phi) is 3.80. The predicted octanol–water partition coefficient (Wildman–Crippen LogP) is 0.923. The van der Waals surface area contributed by atoms with E-state index in [2.05, 4.69) is 16.0 Å². The van der Waals surface area contributed by atoms with E-state index in [1.54, 1.807) is 7.05 Å². The van der Waals surface area contributed by atoms with Crippen LogP contribution in [-0.2, 0) is 4.74 Å². The molecule has 0 radical (unpaired) electrons. The van der Waals surface area contributed by atoms with E-state index in [0.717, 1.165) is 26.3 Å². The zero-order chi connectivity index (χ0) is 8.81. The smallest absolute Gasteiger partial charge is 0.0642 e. The molecule has 1 aliphatic heterocycles. The lowest BCUT2D eigenvalue weighted by molar-refractivity contribution is 0.0566. The van der Waals surface area contributed by atoms with Crippen LogP contribution < -0.4 is 0 Å². The molecular weight excluding hydrogens is 152 g/mol. The zero-order valence-corrected chi connectivity index (χ0v) is 7.79. The fraction of sp³-hybridized carbons (Fsp3) is 0.667. The number of rotatable bonds is 2. The van der Waals surface area contributed by atoms with Gasteiger partial charge in [0.05, 0.1) is 18.9 Å². The topological polar surface area (TPSA) is 24.8 Å². The number of allylic oxidation sites excluding steroid dienone is 2. The summed E-state index contributed by atoms with van der Waals surface area (Å²) in [6.07, 6.45) is 3.98. The molecule has 0 aromatic rings. The van der Waals surface area contributed by atoms with Crippen molar-refractivity contribution < 1.29 is 4.74 Å². The van der Waals surface area contributed by atoms with Gasteiger partial charge in [-0.1, -0.05) is 6.08 Å². The Labute approximate surface area is 73.7 Å². The predicted molar refractivity (Wildman–Crippen MR) is 50.6 cm³/mol. The third-order valence-electron chi connectivity index (χ3n) is 1.93. The van der Waals surface area contributed by atoms with Crippen LogP contribution in [0.15, 0.2) is 16.8 Å². The molecule has 1 aliphatic rings. The Morgan fingerprint density at radius 1 is 1.42 bits per heavy atom. The van der Waals surface area contributed by atoms with Crippen molar-refractivity contribution in [1.82, 2.24) is 4.90 Å². The summed E-state index contributed by atoms with van der Waals surface area (Å²) in [7, 11) is 1.80. The first-order valence-electron chi connectivity index (χ1n) is 4.29. The third-order valence-corrected chi connectivity index (χ3v) is 1.93. The molecule has 0 aromatic carbocycles. The normalized spacial score (nSPS) is 20.5. The maximum Gasteiger partial charge on any atom is 0.0642 e. The first-order chi connectivity index (χ1) is 5.88. The highest BCUT2D eigenvalue weighted by atomic mass is 16.5. The van der Waals surface area contributed by atoms with Crippen LogP contribution in [0, 0.1) is 0 Å². The van der Waals surface area contributed by atoms with Gasteiger partial charge in [-0.25, -0.2) is 0 Å². The van der Waals surface area contributed by atoms with Gasteiger partial charge in [-0.2, -0.15) is 0 Å². The second kappa shape index (κ2) is 4.93. The van der Waals surface area contributed by atoms with E-state index in [4.69, 9.17) is 4.74 Å². The van der Waals surface area contributed by atoms with Crippen LogP contribution >= 0.6 is 0 Å². The van der Waals surface area contributed by atoms with E-state index in [0.29, 0.717) is 0 Å². The van der Waals surface area contributed by atoms with E-state index >= 15 is 0 Å². The van der Waals surface area contributed by atoms with Crippen LogP contribution in [0.25, 0.3) is 0 Å². The number of nitrogens with zero attached hydrogens (tertiary/aromatic N) is 2. The molecule has 1 fully saturated rings. The monoisotopic (exact) mass is 168 g/mol. The molecule has 0 spiro atoms. The summed E-state index contributed by atoms with van der Waals surface area (Å²) in [4.78, 5) is 6.29. The van der Waals surface area contributed by atoms with Gasteiger partial charge in [0.2, 0.25) is 0 Å². The molecular formula is C9H16N2O. The molecule has 0 unspecified atom stereocenters. The minimum absolute atomic E-state index is 0.828. The van der Waals surface area contributed by atoms with Crippen molar-refractivity contribution in [3.8, 4) is 0 Å². The summed E-state index contributed by atoms with van der Waals surface area (Å²) in [6.45, 7) is 5.65. The molecule has 0 N–H and O–H groups in total. The quantitative estimate of drug-likeness (QED) is 0.573. The summed E-state index contributed by atoms with van der Waals surface area (Å²) in [6, 6.07) is 0. The lowest BCUT2D eigenvalue weighted by Gasteiger charge is -2.29. The van der Waals surface area contributed by atoms with Gasteiger partial charge in [-0.3, -0.25) is 4.99 Å². The van der Waals surface area contributed by atoms with E-state index in [-0.39, 0.29) is 0 Å². The molecule has 0 amide bonds. The second-order valence-corrected chi connectivity index (χ2v) is 2.70. The summed E-state index contributed by atoms with van der Waals surface area (Å²) in [5.74, 6) is 0. The molecule has 0 saturated carbocycles. The van der Waals surface area contributed by atoms with Gasteiger partial charge in [0, 0.05) is 26.4 Å². The second-order valence-electron chi connectivity index (χ2n) is 2.70. The van der Waals surface area contributed by atoms with E-state index in [1.807, 2.05) is 13.1 Å². The highest BCUT2D eigenvalue weighted by molar-refractivity contribution is 5.77. The highest BCUT2D eigenvalue weighted by Gasteiger charge is 2.10. The largest absolute Gasteiger partial charge is 0.378 e. The molecule has 1 heterocycles. The van der Waals surface area contributed by atoms with Crippen LogP contribution in [-0.4, -0.2) is 44.5 Å². The Bertz CT molecular complexity index is 181. The van der Waals surface area contributed by atoms with Gasteiger partial charge < -0.3 is 9.64 Å². The molecule has 68 valence electrons. The standard InChI is InChI=1S/C9H16N2O/c1-3-9(8-10-2)11-4-6-12-7-5-11/h3,8H,4-7H2,1-2H3/b9-3+,10-8?. The fourth-order valence-corrected chi connectivity index (χ4v) is 1.29. The van der Waals surface area contributed by atoms with E-state index < -0.39 is 0 Å². The van der Waals surface area contributed by atoms with Gasteiger partial charge in [0.15, 0.2) is 0 Å². The molecule has 0 aromatic heterocycles. The molecule has 0 aliphatic carbocycles. The van der Waals surface area contributed by atoms with E-state index in [1.165, 1.54) is 5.70 Å². The molecule has 3 heteroatoms. The van der Waals surface area contributed by atoms with Crippen molar-refractivity contribution >= 4 is 6.21 Å². The summed E-state index contributed by atoms with van der Waals surface area (Å²) in [5.41, 5.74) is 1.20. The van der Waals surface area contributed by atoms with Gasteiger partial charge in [-0.15, -0.1) is 0 Å². The number of hydrogen-bond acceptors (Lipinski definition) is 3. The SMILES string of the molecule is C/C=C(\C=NC)N1CCOCC1. The Hall–Kier alpha value is -0.830. The summed E-state index contributed by atoms with van der Waals surface area (Å²) in [5, 5.41) is 0. The lowest BCUT2D eigenvalue weighted by atomic mass is 10.3. The molecule has 1 saturated heterocycles. The van der Waals surface area contributed by atoms with Crippen molar-refractivity contribution in [1.29, 1.82) is 0 Å². The number of hydrogen-bond donors (Lipinski definition) is 0. The summed E-state index contributed by atoms with van der Waals surface area (Å²) >= 11 is 0. The zero-order valence-electron chi connectivity index (χ0n) is 7.79.